The van der Waals surface area contributed by atoms with Crippen LogP contribution >= 0.6 is 11.6 Å². The molecule has 6 nitrogen and oxygen atoms in total. The number of rotatable bonds is 3. The van der Waals surface area contributed by atoms with E-state index < -0.39 is 21.5 Å². The number of sulfonamides is 1. The van der Waals surface area contributed by atoms with Crippen molar-refractivity contribution in [1.82, 2.24) is 4.31 Å². The fraction of sp³-hybridized carbons (Fsp3) is 0.364. The summed E-state index contributed by atoms with van der Waals surface area (Å²) >= 11 is 5.70. The zero-order valence-corrected chi connectivity index (χ0v) is 11.5. The number of halogens is 1. The van der Waals surface area contributed by atoms with Crippen molar-refractivity contribution < 1.29 is 18.3 Å². The van der Waals surface area contributed by atoms with Crippen LogP contribution in [0.1, 0.15) is 6.42 Å². The predicted octanol–water partition coefficient (Wildman–Crippen LogP) is 0.516. The van der Waals surface area contributed by atoms with Crippen molar-refractivity contribution in [2.75, 3.05) is 13.1 Å². The first-order valence-corrected chi connectivity index (χ1v) is 7.35. The number of hydrogen-bond acceptors (Lipinski definition) is 4. The molecule has 1 aliphatic rings. The zero-order valence-electron chi connectivity index (χ0n) is 9.91. The van der Waals surface area contributed by atoms with Gasteiger partial charge in [-0.15, -0.1) is 0 Å². The number of hydrogen-bond donors (Lipinski definition) is 2. The molecular formula is C11H13ClN2O4S. The Balaban J connectivity index is 2.28. The smallest absolute Gasteiger partial charge is 0.325 e. The molecule has 1 aromatic rings. The fourth-order valence-corrected chi connectivity index (χ4v) is 3.57. The van der Waals surface area contributed by atoms with Crippen LogP contribution in [0.15, 0.2) is 29.2 Å². The highest BCUT2D eigenvalue weighted by atomic mass is 35.5. The summed E-state index contributed by atoms with van der Waals surface area (Å²) in [6, 6.07) is 5.71. The molecule has 1 atom stereocenters. The van der Waals surface area contributed by atoms with Gasteiger partial charge in [0, 0.05) is 18.1 Å². The van der Waals surface area contributed by atoms with Gasteiger partial charge in [0.05, 0.1) is 4.90 Å². The Bertz CT molecular complexity index is 602. The van der Waals surface area contributed by atoms with Gasteiger partial charge in [-0.3, -0.25) is 4.79 Å². The topological polar surface area (TPSA) is 101 Å². The van der Waals surface area contributed by atoms with E-state index in [2.05, 4.69) is 0 Å². The van der Waals surface area contributed by atoms with Crippen LogP contribution in [0.3, 0.4) is 0 Å². The van der Waals surface area contributed by atoms with Gasteiger partial charge in [0.15, 0.2) is 0 Å². The number of carbonyl (C=O) groups is 1. The first-order valence-electron chi connectivity index (χ1n) is 5.54. The third-order valence-corrected chi connectivity index (χ3v) is 5.25. The second-order valence-electron chi connectivity index (χ2n) is 4.50. The summed E-state index contributed by atoms with van der Waals surface area (Å²) in [4.78, 5) is 11.1. The maximum Gasteiger partial charge on any atom is 0.325 e. The number of nitrogens with zero attached hydrogens (tertiary/aromatic N) is 1. The molecule has 1 heterocycles. The minimum Gasteiger partial charge on any atom is -0.480 e. The highest BCUT2D eigenvalue weighted by Crippen LogP contribution is 2.26. The Hall–Kier alpha value is -1.15. The highest BCUT2D eigenvalue weighted by Gasteiger charge is 2.45. The van der Waals surface area contributed by atoms with Gasteiger partial charge in [0.25, 0.3) is 0 Å². The summed E-state index contributed by atoms with van der Waals surface area (Å²) < 4.78 is 25.7. The average Bonchev–Trinajstić information content (AvgIpc) is 2.75. The van der Waals surface area contributed by atoms with Crippen molar-refractivity contribution in [2.24, 2.45) is 5.73 Å². The molecule has 3 N–H and O–H groups in total. The van der Waals surface area contributed by atoms with E-state index in [4.69, 9.17) is 22.4 Å². The van der Waals surface area contributed by atoms with Gasteiger partial charge in [0.1, 0.15) is 5.54 Å². The lowest BCUT2D eigenvalue weighted by molar-refractivity contribution is -0.142. The quantitative estimate of drug-likeness (QED) is 0.847. The predicted molar refractivity (Wildman–Crippen MR) is 69.4 cm³/mol. The number of nitrogens with two attached hydrogens (primary N) is 1. The van der Waals surface area contributed by atoms with Crippen LogP contribution in [0.5, 0.6) is 0 Å². The molecule has 0 spiro atoms. The Morgan fingerprint density at radius 2 is 1.95 bits per heavy atom. The first-order chi connectivity index (χ1) is 8.75. The van der Waals surface area contributed by atoms with E-state index in [0.717, 1.165) is 4.31 Å². The summed E-state index contributed by atoms with van der Waals surface area (Å²) in [5.41, 5.74) is 4.15. The Morgan fingerprint density at radius 1 is 1.37 bits per heavy atom. The highest BCUT2D eigenvalue weighted by molar-refractivity contribution is 7.89. The van der Waals surface area contributed by atoms with E-state index in [1.54, 1.807) is 0 Å². The van der Waals surface area contributed by atoms with Crippen molar-refractivity contribution in [3.63, 3.8) is 0 Å². The van der Waals surface area contributed by atoms with Gasteiger partial charge in [0.2, 0.25) is 10.0 Å². The molecule has 1 aromatic carbocycles. The van der Waals surface area contributed by atoms with Gasteiger partial charge in [-0.2, -0.15) is 4.31 Å². The van der Waals surface area contributed by atoms with Crippen LogP contribution < -0.4 is 5.73 Å². The standard InChI is InChI=1S/C11H13ClN2O4S/c12-8-1-3-9(4-2-8)19(17,18)14-6-5-11(13,7-14)10(15)16/h1-4H,5-7,13H2,(H,15,16). The van der Waals surface area contributed by atoms with Gasteiger partial charge < -0.3 is 10.8 Å². The molecular weight excluding hydrogens is 292 g/mol. The van der Waals surface area contributed by atoms with Crippen LogP contribution in [-0.2, 0) is 14.8 Å². The molecule has 1 fully saturated rings. The van der Waals surface area contributed by atoms with E-state index in [1.165, 1.54) is 24.3 Å². The first kappa shape index (κ1) is 14.3. The zero-order chi connectivity index (χ0) is 14.3. The summed E-state index contributed by atoms with van der Waals surface area (Å²) in [5.74, 6) is -1.19. The number of carboxylic acids is 1. The molecule has 1 unspecified atom stereocenters. The molecule has 1 saturated heterocycles. The monoisotopic (exact) mass is 304 g/mol. The van der Waals surface area contributed by atoms with Crippen molar-refractivity contribution in [1.29, 1.82) is 0 Å². The number of benzene rings is 1. The van der Waals surface area contributed by atoms with Crippen molar-refractivity contribution in [3.8, 4) is 0 Å². The third-order valence-electron chi connectivity index (χ3n) is 3.14. The molecule has 0 bridgehead atoms. The molecule has 0 amide bonds. The van der Waals surface area contributed by atoms with Gasteiger partial charge in [-0.1, -0.05) is 11.6 Å². The largest absolute Gasteiger partial charge is 0.480 e. The van der Waals surface area contributed by atoms with E-state index in [0.29, 0.717) is 5.02 Å². The third kappa shape index (κ3) is 2.59. The molecule has 0 aliphatic carbocycles. The van der Waals surface area contributed by atoms with E-state index in [9.17, 15) is 13.2 Å². The van der Waals surface area contributed by atoms with Crippen molar-refractivity contribution >= 4 is 27.6 Å². The second kappa shape index (κ2) is 4.75. The minimum atomic E-state index is -3.73. The molecule has 0 aromatic heterocycles. The summed E-state index contributed by atoms with van der Waals surface area (Å²) in [5, 5.41) is 9.43. The maximum atomic E-state index is 12.3. The fourth-order valence-electron chi connectivity index (χ4n) is 1.93. The lowest BCUT2D eigenvalue weighted by Crippen LogP contribution is -2.50. The molecule has 1 aliphatic heterocycles. The minimum absolute atomic E-state index is 0.0755. The number of aliphatic carboxylic acids is 1. The summed E-state index contributed by atoms with van der Waals surface area (Å²) in [6.07, 6.45) is 0.0924. The summed E-state index contributed by atoms with van der Waals surface area (Å²) in [7, 11) is -3.73. The van der Waals surface area contributed by atoms with Gasteiger partial charge in [-0.05, 0) is 30.7 Å². The van der Waals surface area contributed by atoms with Crippen LogP contribution in [0.4, 0.5) is 0 Å². The van der Waals surface area contributed by atoms with E-state index in [-0.39, 0.29) is 24.4 Å². The van der Waals surface area contributed by atoms with Crippen molar-refractivity contribution in [3.05, 3.63) is 29.3 Å². The van der Waals surface area contributed by atoms with Crippen LogP contribution in [0.2, 0.25) is 5.02 Å². The Labute approximate surface area is 115 Å². The molecule has 0 saturated carbocycles. The van der Waals surface area contributed by atoms with Crippen molar-refractivity contribution in [2.45, 2.75) is 16.9 Å². The molecule has 0 radical (unpaired) electrons. The molecule has 104 valence electrons. The second-order valence-corrected chi connectivity index (χ2v) is 6.88. The van der Waals surface area contributed by atoms with E-state index >= 15 is 0 Å². The lowest BCUT2D eigenvalue weighted by Gasteiger charge is -2.20. The molecule has 2 rings (SSSR count). The van der Waals surface area contributed by atoms with E-state index in [1.807, 2.05) is 0 Å². The normalized spacial score (nSPS) is 24.5. The van der Waals surface area contributed by atoms with Crippen LogP contribution in [0.25, 0.3) is 0 Å². The van der Waals surface area contributed by atoms with Gasteiger partial charge in [-0.25, -0.2) is 8.42 Å². The number of carboxylic acid groups (broad SMARTS) is 1. The molecule has 8 heteroatoms. The lowest BCUT2D eigenvalue weighted by atomic mass is 10.0. The van der Waals surface area contributed by atoms with Crippen LogP contribution in [-0.4, -0.2) is 42.4 Å². The Kier molecular flexibility index (Phi) is 3.57. The SMILES string of the molecule is NC1(C(=O)O)CCN(S(=O)(=O)c2ccc(Cl)cc2)C1. The Morgan fingerprint density at radius 3 is 2.42 bits per heavy atom. The maximum absolute atomic E-state index is 12.3. The van der Waals surface area contributed by atoms with Crippen LogP contribution in [0, 0.1) is 0 Å². The average molecular weight is 305 g/mol. The summed E-state index contributed by atoms with van der Waals surface area (Å²) in [6.45, 7) is -0.138. The molecule has 19 heavy (non-hydrogen) atoms. The van der Waals surface area contributed by atoms with Gasteiger partial charge >= 0.3 is 5.97 Å².